The van der Waals surface area contributed by atoms with Gasteiger partial charge in [0.1, 0.15) is 42.3 Å². The molecule has 4 rings (SSSR count). The Bertz CT molecular complexity index is 2050. The minimum absolute atomic E-state index is 0.00880. The number of nitrogens with one attached hydrogen (secondary N) is 6. The minimum atomic E-state index is -1.41. The van der Waals surface area contributed by atoms with E-state index >= 15 is 0 Å². The van der Waals surface area contributed by atoms with Crippen LogP contribution >= 0.6 is 0 Å². The van der Waals surface area contributed by atoms with E-state index in [0.717, 1.165) is 5.56 Å². The van der Waals surface area contributed by atoms with Crippen LogP contribution in [-0.4, -0.2) is 119 Å². The molecule has 14 N–H and O–H groups in total. The molecule has 0 aromatic heterocycles. The SMILES string of the molecule is CC(C)C[C@H](NC(=O)[C@H](Cc1ccccc1)NC(=O)[C@@H]1CCC(=O)N1)C(=O)N[C@@H](Cc1ccccc1)C(=O)N[C@@H](CCCN=C(N)N)C(=O)N1CCC[C@H]1C(=O)N[C@@H](CC(N)=O)C(N)=O. The predicted octanol–water partition coefficient (Wildman–Crippen LogP) is -2.37. The zero-order valence-electron chi connectivity index (χ0n) is 36.8. The van der Waals surface area contributed by atoms with Crippen LogP contribution in [0.3, 0.4) is 0 Å². The average Bonchev–Trinajstić information content (AvgIpc) is 3.93. The quantitative estimate of drug-likeness (QED) is 0.0302. The van der Waals surface area contributed by atoms with Crippen molar-refractivity contribution in [3.63, 3.8) is 0 Å². The van der Waals surface area contributed by atoms with Gasteiger partial charge in [0.25, 0.3) is 0 Å². The first-order valence-electron chi connectivity index (χ1n) is 21.7. The molecule has 352 valence electrons. The normalized spacial score (nSPS) is 17.9. The van der Waals surface area contributed by atoms with E-state index in [9.17, 15) is 43.2 Å². The largest absolute Gasteiger partial charge is 0.370 e. The summed E-state index contributed by atoms with van der Waals surface area (Å²) in [6.45, 7) is 3.92. The van der Waals surface area contributed by atoms with Crippen LogP contribution in [-0.2, 0) is 56.0 Å². The van der Waals surface area contributed by atoms with E-state index in [2.05, 4.69) is 36.9 Å². The lowest BCUT2D eigenvalue weighted by molar-refractivity contribution is -0.142. The van der Waals surface area contributed by atoms with Gasteiger partial charge >= 0.3 is 0 Å². The zero-order chi connectivity index (χ0) is 47.6. The van der Waals surface area contributed by atoms with E-state index in [1.807, 2.05) is 13.8 Å². The number of aliphatic imine (C=N–C) groups is 1. The van der Waals surface area contributed by atoms with Crippen LogP contribution in [0.4, 0.5) is 0 Å². The number of primary amides is 2. The second-order valence-corrected chi connectivity index (χ2v) is 16.7. The Balaban J connectivity index is 1.59. The molecule has 0 bridgehead atoms. The van der Waals surface area contributed by atoms with Crippen LogP contribution in [0.2, 0.25) is 0 Å². The summed E-state index contributed by atoms with van der Waals surface area (Å²) in [7, 11) is 0. The number of likely N-dealkylation sites (tertiary alicyclic amines) is 1. The van der Waals surface area contributed by atoms with Crippen LogP contribution in [0.15, 0.2) is 65.7 Å². The Morgan fingerprint density at radius 3 is 1.77 bits per heavy atom. The van der Waals surface area contributed by atoms with Crippen molar-refractivity contribution in [2.45, 2.75) is 120 Å². The topological polar surface area (TPSA) is 345 Å². The maximum atomic E-state index is 14.4. The van der Waals surface area contributed by atoms with Gasteiger partial charge in [0.05, 0.1) is 6.42 Å². The summed E-state index contributed by atoms with van der Waals surface area (Å²) < 4.78 is 0. The van der Waals surface area contributed by atoms with E-state index in [1.165, 1.54) is 4.90 Å². The Kier molecular flexibility index (Phi) is 19.2. The number of hydrogen-bond donors (Lipinski definition) is 10. The van der Waals surface area contributed by atoms with Crippen molar-refractivity contribution in [3.05, 3.63) is 71.8 Å². The molecule has 21 nitrogen and oxygen atoms in total. The predicted molar refractivity (Wildman–Crippen MR) is 238 cm³/mol. The lowest BCUT2D eigenvalue weighted by atomic mass is 9.99. The number of nitrogens with two attached hydrogens (primary N) is 4. The highest BCUT2D eigenvalue weighted by molar-refractivity contribution is 5.98. The molecule has 7 atom stereocenters. The minimum Gasteiger partial charge on any atom is -0.370 e. The van der Waals surface area contributed by atoms with Gasteiger partial charge in [-0.3, -0.25) is 48.1 Å². The first-order valence-corrected chi connectivity index (χ1v) is 21.7. The van der Waals surface area contributed by atoms with Gasteiger partial charge in [0.15, 0.2) is 5.96 Å². The van der Waals surface area contributed by atoms with Gasteiger partial charge in [-0.25, -0.2) is 0 Å². The molecule has 0 aliphatic carbocycles. The van der Waals surface area contributed by atoms with Crippen LogP contribution in [0.5, 0.6) is 0 Å². The lowest BCUT2D eigenvalue weighted by Crippen LogP contribution is -2.60. The molecule has 2 aromatic rings. The smallest absolute Gasteiger partial charge is 0.245 e. The molecule has 2 aliphatic heterocycles. The van der Waals surface area contributed by atoms with Crippen LogP contribution in [0.1, 0.15) is 76.3 Å². The number of benzene rings is 2. The fourth-order valence-electron chi connectivity index (χ4n) is 7.68. The highest BCUT2D eigenvalue weighted by atomic mass is 16.2. The number of hydrogen-bond acceptors (Lipinski definition) is 10. The third-order valence-corrected chi connectivity index (χ3v) is 10.9. The van der Waals surface area contributed by atoms with E-state index in [1.54, 1.807) is 60.7 Å². The second-order valence-electron chi connectivity index (χ2n) is 16.7. The number of rotatable bonds is 24. The highest BCUT2D eigenvalue weighted by Gasteiger charge is 2.40. The molecule has 9 amide bonds. The lowest BCUT2D eigenvalue weighted by Gasteiger charge is -2.31. The van der Waals surface area contributed by atoms with Gasteiger partial charge in [-0.05, 0) is 55.6 Å². The molecule has 0 radical (unpaired) electrons. The molecule has 21 heteroatoms. The molecule has 0 spiro atoms. The number of amides is 9. The van der Waals surface area contributed by atoms with Crippen molar-refractivity contribution >= 4 is 59.1 Å². The van der Waals surface area contributed by atoms with E-state index in [4.69, 9.17) is 22.9 Å². The molecule has 2 aromatic carbocycles. The molecule has 65 heavy (non-hydrogen) atoms. The molecule has 2 aliphatic rings. The summed E-state index contributed by atoms with van der Waals surface area (Å²) in [5.74, 6) is -6.49. The standard InChI is InChI=1S/C44H62N12O9/c1-25(2)21-31(53-41(63)33(23-27-13-7-4-8-14-27)54-38(60)28-17-18-36(58)50-28)39(61)55-32(22-26-11-5-3-6-12-26)40(62)51-29(15-9-19-49-44(47)48)43(65)56-20-10-16-34(56)42(64)52-30(37(46)59)24-35(45)57/h3-8,11-14,25,28-34H,9-10,15-24H2,1-2H3,(H2,45,57)(H2,46,59)(H,50,58)(H,51,62)(H,52,64)(H,53,63)(H,54,60)(H,55,61)(H4,47,48,49)/t28-,29-,30-,31-,32-,33-,34-/m0/s1. The Hall–Kier alpha value is -7.06. The molecule has 0 saturated carbocycles. The van der Waals surface area contributed by atoms with Gasteiger partial charge in [0, 0.05) is 32.4 Å². The van der Waals surface area contributed by atoms with Gasteiger partial charge in [-0.2, -0.15) is 0 Å². The van der Waals surface area contributed by atoms with Crippen LogP contribution in [0.25, 0.3) is 0 Å². The van der Waals surface area contributed by atoms with E-state index in [-0.39, 0.29) is 82.2 Å². The Morgan fingerprint density at radius 1 is 0.708 bits per heavy atom. The number of nitrogens with zero attached hydrogens (tertiary/aromatic N) is 2. The van der Waals surface area contributed by atoms with Crippen molar-refractivity contribution in [2.75, 3.05) is 13.1 Å². The molecule has 2 saturated heterocycles. The molecule has 2 heterocycles. The summed E-state index contributed by atoms with van der Waals surface area (Å²) in [6.07, 6.45) is 0.904. The Morgan fingerprint density at radius 2 is 1.25 bits per heavy atom. The Labute approximate surface area is 377 Å². The van der Waals surface area contributed by atoms with E-state index < -0.39 is 96.0 Å². The van der Waals surface area contributed by atoms with Gasteiger partial charge in [0.2, 0.25) is 53.2 Å². The summed E-state index contributed by atoms with van der Waals surface area (Å²) in [4.78, 5) is 125. The summed E-state index contributed by atoms with van der Waals surface area (Å²) in [6, 6.07) is 9.58. The first-order chi connectivity index (χ1) is 30.9. The monoisotopic (exact) mass is 902 g/mol. The fourth-order valence-corrected chi connectivity index (χ4v) is 7.68. The van der Waals surface area contributed by atoms with Crippen molar-refractivity contribution in [3.8, 4) is 0 Å². The molecular weight excluding hydrogens is 841 g/mol. The van der Waals surface area contributed by atoms with Gasteiger partial charge in [-0.15, -0.1) is 0 Å². The number of carbonyl (C=O) groups excluding carboxylic acids is 9. The zero-order valence-corrected chi connectivity index (χ0v) is 36.8. The van der Waals surface area contributed by atoms with Crippen molar-refractivity contribution in [1.29, 1.82) is 0 Å². The molecule has 2 fully saturated rings. The third-order valence-electron chi connectivity index (χ3n) is 10.9. The highest BCUT2D eigenvalue weighted by Crippen LogP contribution is 2.21. The summed E-state index contributed by atoms with van der Waals surface area (Å²) in [5.41, 5.74) is 23.1. The van der Waals surface area contributed by atoms with Gasteiger partial charge < -0.3 is 59.7 Å². The molecular formula is C44H62N12O9. The maximum absolute atomic E-state index is 14.4. The van der Waals surface area contributed by atoms with Crippen LogP contribution in [0, 0.1) is 5.92 Å². The number of guanidine groups is 1. The second kappa shape index (κ2) is 24.7. The van der Waals surface area contributed by atoms with Gasteiger partial charge in [-0.1, -0.05) is 74.5 Å². The average molecular weight is 903 g/mol. The maximum Gasteiger partial charge on any atom is 0.245 e. The molecule has 0 unspecified atom stereocenters. The van der Waals surface area contributed by atoms with Crippen molar-refractivity contribution in [1.82, 2.24) is 36.8 Å². The third kappa shape index (κ3) is 16.2. The summed E-state index contributed by atoms with van der Waals surface area (Å²) >= 11 is 0. The summed E-state index contributed by atoms with van der Waals surface area (Å²) in [5, 5.41) is 16.1. The first kappa shape index (κ1) is 50.6. The van der Waals surface area contributed by atoms with E-state index in [0.29, 0.717) is 12.0 Å². The van der Waals surface area contributed by atoms with Crippen LogP contribution < -0.4 is 54.8 Å². The van der Waals surface area contributed by atoms with Crippen molar-refractivity contribution in [2.24, 2.45) is 33.8 Å². The fraction of sp³-hybridized carbons (Fsp3) is 0.500. The van der Waals surface area contributed by atoms with Crippen molar-refractivity contribution < 1.29 is 43.2 Å². The number of carbonyl (C=O) groups is 9.